The maximum Gasteiger partial charge on any atom is 0.289 e. The summed E-state index contributed by atoms with van der Waals surface area (Å²) in [4.78, 5) is 16.0. The van der Waals surface area contributed by atoms with Crippen LogP contribution in [0.15, 0.2) is 22.6 Å². The summed E-state index contributed by atoms with van der Waals surface area (Å²) in [5.41, 5.74) is 7.80. The van der Waals surface area contributed by atoms with Crippen molar-refractivity contribution in [2.24, 2.45) is 0 Å². The van der Waals surface area contributed by atoms with Crippen LogP contribution in [0.4, 0.5) is 5.69 Å². The van der Waals surface area contributed by atoms with Crippen LogP contribution in [0.3, 0.4) is 0 Å². The van der Waals surface area contributed by atoms with Crippen LogP contribution in [-0.2, 0) is 6.54 Å². The third kappa shape index (κ3) is 2.90. The Morgan fingerprint density at radius 2 is 2.20 bits per heavy atom. The molecule has 0 saturated heterocycles. The molecule has 6 nitrogen and oxygen atoms in total. The SMILES string of the molecule is COc1ccc(CNC(=O)c2oc(C)nc2C)cc1N. The molecule has 0 fully saturated rings. The molecule has 0 saturated carbocycles. The molecule has 0 radical (unpaired) electrons. The fraction of sp³-hybridized carbons (Fsp3) is 0.286. The van der Waals surface area contributed by atoms with E-state index in [1.807, 2.05) is 6.07 Å². The lowest BCUT2D eigenvalue weighted by Crippen LogP contribution is -2.23. The molecule has 2 rings (SSSR count). The molecule has 1 heterocycles. The summed E-state index contributed by atoms with van der Waals surface area (Å²) in [7, 11) is 1.56. The van der Waals surface area contributed by atoms with Gasteiger partial charge in [-0.2, -0.15) is 0 Å². The summed E-state index contributed by atoms with van der Waals surface area (Å²) in [5, 5.41) is 2.77. The Hall–Kier alpha value is -2.50. The third-order valence-electron chi connectivity index (χ3n) is 2.86. The van der Waals surface area contributed by atoms with Gasteiger partial charge in [0.1, 0.15) is 5.75 Å². The first kappa shape index (κ1) is 13.9. The highest BCUT2D eigenvalue weighted by atomic mass is 16.5. The summed E-state index contributed by atoms with van der Waals surface area (Å²) in [6.45, 7) is 3.79. The van der Waals surface area contributed by atoms with Crippen LogP contribution >= 0.6 is 0 Å². The standard InChI is InChI=1S/C14H17N3O3/c1-8-13(20-9(2)17-8)14(18)16-7-10-4-5-12(19-3)11(15)6-10/h4-6H,7,15H2,1-3H3,(H,16,18). The summed E-state index contributed by atoms with van der Waals surface area (Å²) >= 11 is 0. The Bertz CT molecular complexity index is 635. The highest BCUT2D eigenvalue weighted by molar-refractivity contribution is 5.92. The van der Waals surface area contributed by atoms with Crippen molar-refractivity contribution in [3.63, 3.8) is 0 Å². The lowest BCUT2D eigenvalue weighted by Gasteiger charge is -2.08. The number of methoxy groups -OCH3 is 1. The van der Waals surface area contributed by atoms with Crippen molar-refractivity contribution in [3.8, 4) is 5.75 Å². The van der Waals surface area contributed by atoms with Crippen molar-refractivity contribution in [1.29, 1.82) is 0 Å². The number of benzene rings is 1. The molecule has 20 heavy (non-hydrogen) atoms. The van der Waals surface area contributed by atoms with Crippen LogP contribution in [0.5, 0.6) is 5.75 Å². The molecule has 1 aromatic carbocycles. The van der Waals surface area contributed by atoms with Crippen LogP contribution in [0.25, 0.3) is 0 Å². The number of aromatic nitrogens is 1. The van der Waals surface area contributed by atoms with Crippen LogP contribution in [0, 0.1) is 13.8 Å². The van der Waals surface area contributed by atoms with Gasteiger partial charge in [-0.1, -0.05) is 6.07 Å². The highest BCUT2D eigenvalue weighted by Crippen LogP contribution is 2.21. The zero-order chi connectivity index (χ0) is 14.7. The average molecular weight is 275 g/mol. The number of nitrogens with zero attached hydrogens (tertiary/aromatic N) is 1. The van der Waals surface area contributed by atoms with Crippen molar-refractivity contribution >= 4 is 11.6 Å². The number of carbonyl (C=O) groups is 1. The second kappa shape index (κ2) is 5.64. The summed E-state index contributed by atoms with van der Waals surface area (Å²) in [6.07, 6.45) is 0. The molecule has 0 aliphatic carbocycles. The molecular formula is C14H17N3O3. The fourth-order valence-corrected chi connectivity index (χ4v) is 1.90. The van der Waals surface area contributed by atoms with Crippen molar-refractivity contribution in [2.75, 3.05) is 12.8 Å². The molecule has 0 atom stereocenters. The van der Waals surface area contributed by atoms with Crippen LogP contribution in [-0.4, -0.2) is 18.0 Å². The molecule has 0 aliphatic rings. The van der Waals surface area contributed by atoms with Gasteiger partial charge in [-0.15, -0.1) is 0 Å². The number of oxazole rings is 1. The van der Waals surface area contributed by atoms with E-state index in [4.69, 9.17) is 14.9 Å². The monoisotopic (exact) mass is 275 g/mol. The number of nitrogens with one attached hydrogen (secondary N) is 1. The van der Waals surface area contributed by atoms with Gasteiger partial charge in [-0.3, -0.25) is 4.79 Å². The van der Waals surface area contributed by atoms with Crippen LogP contribution in [0.2, 0.25) is 0 Å². The molecule has 106 valence electrons. The zero-order valence-corrected chi connectivity index (χ0v) is 11.7. The van der Waals surface area contributed by atoms with E-state index in [2.05, 4.69) is 10.3 Å². The van der Waals surface area contributed by atoms with E-state index >= 15 is 0 Å². The maximum absolute atomic E-state index is 12.0. The largest absolute Gasteiger partial charge is 0.495 e. The minimum absolute atomic E-state index is 0.240. The van der Waals surface area contributed by atoms with Crippen molar-refractivity contribution in [3.05, 3.63) is 41.1 Å². The first-order valence-electron chi connectivity index (χ1n) is 6.16. The van der Waals surface area contributed by atoms with E-state index in [0.717, 1.165) is 5.56 Å². The van der Waals surface area contributed by atoms with Crippen molar-refractivity contribution < 1.29 is 13.9 Å². The second-order valence-electron chi connectivity index (χ2n) is 4.41. The maximum atomic E-state index is 12.0. The first-order chi connectivity index (χ1) is 9.51. The van der Waals surface area contributed by atoms with Crippen LogP contribution < -0.4 is 15.8 Å². The van der Waals surface area contributed by atoms with E-state index in [1.54, 1.807) is 33.1 Å². The number of hydrogen-bond acceptors (Lipinski definition) is 5. The summed E-state index contributed by atoms with van der Waals surface area (Å²) in [5.74, 6) is 1.03. The number of hydrogen-bond donors (Lipinski definition) is 2. The Morgan fingerprint density at radius 1 is 1.45 bits per heavy atom. The molecular weight excluding hydrogens is 258 g/mol. The predicted octanol–water partition coefficient (Wildman–Crippen LogP) is 1.81. The fourth-order valence-electron chi connectivity index (χ4n) is 1.90. The number of carbonyl (C=O) groups excluding carboxylic acids is 1. The number of ether oxygens (including phenoxy) is 1. The Kier molecular flexibility index (Phi) is 3.93. The Morgan fingerprint density at radius 3 is 2.75 bits per heavy atom. The zero-order valence-electron chi connectivity index (χ0n) is 11.7. The van der Waals surface area contributed by atoms with E-state index in [0.29, 0.717) is 29.6 Å². The van der Waals surface area contributed by atoms with Crippen molar-refractivity contribution in [1.82, 2.24) is 10.3 Å². The van der Waals surface area contributed by atoms with Gasteiger partial charge in [0.25, 0.3) is 5.91 Å². The predicted molar refractivity (Wildman–Crippen MR) is 74.6 cm³/mol. The number of nitrogens with two attached hydrogens (primary N) is 1. The lowest BCUT2D eigenvalue weighted by molar-refractivity contribution is 0.0921. The molecule has 0 spiro atoms. The molecule has 0 unspecified atom stereocenters. The number of aryl methyl sites for hydroxylation is 2. The summed E-state index contributed by atoms with van der Waals surface area (Å²) < 4.78 is 10.3. The molecule has 1 aromatic heterocycles. The van der Waals surface area contributed by atoms with Gasteiger partial charge in [-0.25, -0.2) is 4.98 Å². The van der Waals surface area contributed by atoms with Gasteiger partial charge in [-0.05, 0) is 24.6 Å². The number of anilines is 1. The Balaban J connectivity index is 2.03. The minimum Gasteiger partial charge on any atom is -0.495 e. The number of amides is 1. The molecule has 1 amide bonds. The molecule has 3 N–H and O–H groups in total. The smallest absolute Gasteiger partial charge is 0.289 e. The Labute approximate surface area is 116 Å². The first-order valence-corrected chi connectivity index (χ1v) is 6.16. The second-order valence-corrected chi connectivity index (χ2v) is 4.41. The average Bonchev–Trinajstić information content (AvgIpc) is 2.75. The highest BCUT2D eigenvalue weighted by Gasteiger charge is 2.15. The molecule has 0 aliphatic heterocycles. The number of rotatable bonds is 4. The lowest BCUT2D eigenvalue weighted by atomic mass is 10.2. The molecule has 0 bridgehead atoms. The van der Waals surface area contributed by atoms with Gasteiger partial charge in [0.15, 0.2) is 5.89 Å². The third-order valence-corrected chi connectivity index (χ3v) is 2.86. The van der Waals surface area contributed by atoms with E-state index < -0.39 is 0 Å². The van der Waals surface area contributed by atoms with Crippen LogP contribution in [0.1, 0.15) is 27.7 Å². The summed E-state index contributed by atoms with van der Waals surface area (Å²) in [6, 6.07) is 5.37. The van der Waals surface area contributed by atoms with Gasteiger partial charge in [0, 0.05) is 13.5 Å². The van der Waals surface area contributed by atoms with E-state index in [-0.39, 0.29) is 11.7 Å². The minimum atomic E-state index is -0.294. The quantitative estimate of drug-likeness (QED) is 0.830. The number of nitrogen functional groups attached to an aromatic ring is 1. The van der Waals surface area contributed by atoms with Gasteiger partial charge >= 0.3 is 0 Å². The molecule has 2 aromatic rings. The van der Waals surface area contributed by atoms with Gasteiger partial charge in [0.2, 0.25) is 5.76 Å². The van der Waals surface area contributed by atoms with Gasteiger partial charge < -0.3 is 20.2 Å². The van der Waals surface area contributed by atoms with Crippen molar-refractivity contribution in [2.45, 2.75) is 20.4 Å². The normalized spacial score (nSPS) is 10.3. The van der Waals surface area contributed by atoms with E-state index in [9.17, 15) is 4.79 Å². The van der Waals surface area contributed by atoms with E-state index in [1.165, 1.54) is 0 Å². The van der Waals surface area contributed by atoms with Gasteiger partial charge in [0.05, 0.1) is 18.5 Å². The topological polar surface area (TPSA) is 90.4 Å². The molecule has 6 heteroatoms.